The number of nitrogens with zero attached hydrogens (tertiary/aromatic N) is 2. The van der Waals surface area contributed by atoms with Crippen molar-refractivity contribution in [1.82, 2.24) is 9.78 Å². The Morgan fingerprint density at radius 1 is 1.33 bits per heavy atom. The SMILES string of the molecule is CCCC(N)CCc1ccnn1CCC. The molecule has 0 spiro atoms. The van der Waals surface area contributed by atoms with Gasteiger partial charge in [-0.05, 0) is 31.7 Å². The third-order valence-corrected chi connectivity index (χ3v) is 2.67. The molecule has 1 heterocycles. The molecule has 1 atom stereocenters. The lowest BCUT2D eigenvalue weighted by molar-refractivity contribution is 0.525. The molecule has 0 saturated heterocycles. The zero-order chi connectivity index (χ0) is 11.1. The molecular formula is C12H23N3. The molecule has 1 aromatic heterocycles. The predicted molar refractivity (Wildman–Crippen MR) is 63.7 cm³/mol. The van der Waals surface area contributed by atoms with E-state index in [2.05, 4.69) is 29.7 Å². The van der Waals surface area contributed by atoms with Gasteiger partial charge in [-0.1, -0.05) is 20.3 Å². The van der Waals surface area contributed by atoms with Gasteiger partial charge in [-0.15, -0.1) is 0 Å². The molecular weight excluding hydrogens is 186 g/mol. The van der Waals surface area contributed by atoms with Crippen LogP contribution in [0, 0.1) is 0 Å². The maximum Gasteiger partial charge on any atom is 0.0492 e. The minimum Gasteiger partial charge on any atom is -0.328 e. The second-order valence-corrected chi connectivity index (χ2v) is 4.13. The van der Waals surface area contributed by atoms with Crippen LogP contribution in [0.1, 0.15) is 45.2 Å². The maximum absolute atomic E-state index is 6.00. The molecule has 0 saturated carbocycles. The molecule has 0 aliphatic heterocycles. The van der Waals surface area contributed by atoms with E-state index in [9.17, 15) is 0 Å². The number of hydrogen-bond acceptors (Lipinski definition) is 2. The Morgan fingerprint density at radius 3 is 2.80 bits per heavy atom. The smallest absolute Gasteiger partial charge is 0.0492 e. The van der Waals surface area contributed by atoms with Crippen LogP contribution in [-0.4, -0.2) is 15.8 Å². The van der Waals surface area contributed by atoms with E-state index < -0.39 is 0 Å². The van der Waals surface area contributed by atoms with Gasteiger partial charge in [-0.2, -0.15) is 5.10 Å². The first kappa shape index (κ1) is 12.2. The highest BCUT2D eigenvalue weighted by atomic mass is 15.3. The minimum absolute atomic E-state index is 0.347. The molecule has 15 heavy (non-hydrogen) atoms. The summed E-state index contributed by atoms with van der Waals surface area (Å²) < 4.78 is 2.10. The quantitative estimate of drug-likeness (QED) is 0.749. The molecule has 3 heteroatoms. The highest BCUT2D eigenvalue weighted by Crippen LogP contribution is 2.07. The molecule has 0 aliphatic carbocycles. The average molecular weight is 209 g/mol. The Balaban J connectivity index is 2.39. The van der Waals surface area contributed by atoms with E-state index in [0.717, 1.165) is 32.2 Å². The molecule has 0 aliphatic rings. The minimum atomic E-state index is 0.347. The van der Waals surface area contributed by atoms with E-state index in [1.807, 2.05) is 6.20 Å². The van der Waals surface area contributed by atoms with Crippen LogP contribution in [0.5, 0.6) is 0 Å². The van der Waals surface area contributed by atoms with Gasteiger partial charge in [0.1, 0.15) is 0 Å². The van der Waals surface area contributed by atoms with Crippen LogP contribution >= 0.6 is 0 Å². The van der Waals surface area contributed by atoms with E-state index in [0.29, 0.717) is 6.04 Å². The molecule has 2 N–H and O–H groups in total. The summed E-state index contributed by atoms with van der Waals surface area (Å²) in [5, 5.41) is 4.31. The van der Waals surface area contributed by atoms with E-state index in [-0.39, 0.29) is 0 Å². The van der Waals surface area contributed by atoms with E-state index in [1.165, 1.54) is 12.1 Å². The highest BCUT2D eigenvalue weighted by molar-refractivity contribution is 5.01. The summed E-state index contributed by atoms with van der Waals surface area (Å²) in [6.45, 7) is 5.38. The van der Waals surface area contributed by atoms with Crippen LogP contribution in [0.15, 0.2) is 12.3 Å². The molecule has 3 nitrogen and oxygen atoms in total. The van der Waals surface area contributed by atoms with Crippen molar-refractivity contribution in [2.75, 3.05) is 0 Å². The van der Waals surface area contributed by atoms with Gasteiger partial charge < -0.3 is 5.73 Å². The van der Waals surface area contributed by atoms with Gasteiger partial charge >= 0.3 is 0 Å². The fourth-order valence-electron chi connectivity index (χ4n) is 1.83. The number of rotatable bonds is 7. The largest absolute Gasteiger partial charge is 0.328 e. The van der Waals surface area contributed by atoms with E-state index >= 15 is 0 Å². The Hall–Kier alpha value is -0.830. The fourth-order valence-corrected chi connectivity index (χ4v) is 1.83. The van der Waals surface area contributed by atoms with Crippen molar-refractivity contribution in [3.63, 3.8) is 0 Å². The molecule has 0 fully saturated rings. The van der Waals surface area contributed by atoms with Crippen LogP contribution in [0.25, 0.3) is 0 Å². The number of hydrogen-bond donors (Lipinski definition) is 1. The molecule has 1 aromatic rings. The molecule has 86 valence electrons. The standard InChI is InChI=1S/C12H23N3/c1-3-5-11(13)6-7-12-8-9-14-15(12)10-4-2/h8-9,11H,3-7,10,13H2,1-2H3. The first-order valence-electron chi connectivity index (χ1n) is 6.04. The van der Waals surface area contributed by atoms with Crippen molar-refractivity contribution in [3.8, 4) is 0 Å². The molecule has 1 rings (SSSR count). The van der Waals surface area contributed by atoms with Gasteiger partial charge in [-0.25, -0.2) is 0 Å². The molecule has 0 amide bonds. The Bertz CT molecular complexity index is 268. The lowest BCUT2D eigenvalue weighted by Gasteiger charge is -2.11. The molecule has 0 radical (unpaired) electrons. The normalized spacial score (nSPS) is 13.0. The Kier molecular flexibility index (Phi) is 5.40. The van der Waals surface area contributed by atoms with Crippen molar-refractivity contribution in [1.29, 1.82) is 0 Å². The monoisotopic (exact) mass is 209 g/mol. The van der Waals surface area contributed by atoms with Crippen molar-refractivity contribution in [2.45, 2.75) is 58.5 Å². The third-order valence-electron chi connectivity index (χ3n) is 2.67. The zero-order valence-electron chi connectivity index (χ0n) is 9.95. The van der Waals surface area contributed by atoms with Gasteiger partial charge in [0.25, 0.3) is 0 Å². The molecule has 0 bridgehead atoms. The van der Waals surface area contributed by atoms with Crippen LogP contribution in [0.2, 0.25) is 0 Å². The van der Waals surface area contributed by atoms with Crippen LogP contribution in [0.3, 0.4) is 0 Å². The second-order valence-electron chi connectivity index (χ2n) is 4.13. The van der Waals surface area contributed by atoms with E-state index in [1.54, 1.807) is 0 Å². The molecule has 0 aromatic carbocycles. The van der Waals surface area contributed by atoms with Crippen molar-refractivity contribution in [3.05, 3.63) is 18.0 Å². The maximum atomic E-state index is 6.00. The summed E-state index contributed by atoms with van der Waals surface area (Å²) in [7, 11) is 0. The first-order chi connectivity index (χ1) is 7.27. The lowest BCUT2D eigenvalue weighted by Crippen LogP contribution is -2.20. The molecule has 1 unspecified atom stereocenters. The van der Waals surface area contributed by atoms with Gasteiger partial charge in [0.15, 0.2) is 0 Å². The average Bonchev–Trinajstić information content (AvgIpc) is 2.64. The fraction of sp³-hybridized carbons (Fsp3) is 0.750. The summed E-state index contributed by atoms with van der Waals surface area (Å²) in [6.07, 6.45) is 7.45. The number of aromatic nitrogens is 2. The van der Waals surface area contributed by atoms with E-state index in [4.69, 9.17) is 5.73 Å². The summed E-state index contributed by atoms with van der Waals surface area (Å²) in [5.74, 6) is 0. The van der Waals surface area contributed by atoms with Crippen LogP contribution < -0.4 is 5.73 Å². The zero-order valence-corrected chi connectivity index (χ0v) is 9.95. The topological polar surface area (TPSA) is 43.8 Å². The summed E-state index contributed by atoms with van der Waals surface area (Å²) in [5.41, 5.74) is 7.32. The summed E-state index contributed by atoms with van der Waals surface area (Å²) >= 11 is 0. The summed E-state index contributed by atoms with van der Waals surface area (Å²) in [4.78, 5) is 0. The second kappa shape index (κ2) is 6.62. The lowest BCUT2D eigenvalue weighted by atomic mass is 10.1. The van der Waals surface area contributed by atoms with Gasteiger partial charge in [0.2, 0.25) is 0 Å². The van der Waals surface area contributed by atoms with Crippen molar-refractivity contribution < 1.29 is 0 Å². The number of aryl methyl sites for hydroxylation is 2. The van der Waals surface area contributed by atoms with Gasteiger partial charge in [-0.3, -0.25) is 4.68 Å². The van der Waals surface area contributed by atoms with Crippen molar-refractivity contribution in [2.24, 2.45) is 5.73 Å². The Morgan fingerprint density at radius 2 is 2.13 bits per heavy atom. The first-order valence-corrected chi connectivity index (χ1v) is 6.04. The van der Waals surface area contributed by atoms with Gasteiger partial charge in [0, 0.05) is 24.5 Å². The van der Waals surface area contributed by atoms with Gasteiger partial charge in [0.05, 0.1) is 0 Å². The van der Waals surface area contributed by atoms with Crippen LogP contribution in [-0.2, 0) is 13.0 Å². The Labute approximate surface area is 92.7 Å². The third kappa shape index (κ3) is 4.04. The predicted octanol–water partition coefficient (Wildman–Crippen LogP) is 2.35. The highest BCUT2D eigenvalue weighted by Gasteiger charge is 2.05. The van der Waals surface area contributed by atoms with Crippen LogP contribution in [0.4, 0.5) is 0 Å². The van der Waals surface area contributed by atoms with Crippen molar-refractivity contribution >= 4 is 0 Å². The summed E-state index contributed by atoms with van der Waals surface area (Å²) in [6, 6.07) is 2.45. The number of nitrogens with two attached hydrogens (primary N) is 1.